The molecule has 0 spiro atoms. The number of hydrogen-bond donors (Lipinski definition) is 0. The third kappa shape index (κ3) is 2.11. The minimum absolute atomic E-state index is 0.368. The number of esters is 1. The first-order valence-electron chi connectivity index (χ1n) is 5.65. The van der Waals surface area contributed by atoms with E-state index in [2.05, 4.69) is 9.84 Å². The maximum absolute atomic E-state index is 11.4. The van der Waals surface area contributed by atoms with Gasteiger partial charge in [-0.3, -0.25) is 4.68 Å². The Hall–Kier alpha value is -2.17. The van der Waals surface area contributed by atoms with E-state index in [-0.39, 0.29) is 5.97 Å². The maximum atomic E-state index is 11.4. The van der Waals surface area contributed by atoms with Crippen LogP contribution in [0.5, 0.6) is 0 Å². The lowest BCUT2D eigenvalue weighted by Crippen LogP contribution is -2.01. The van der Waals surface area contributed by atoms with E-state index in [0.717, 1.165) is 22.9 Å². The number of aldehydes is 1. The van der Waals surface area contributed by atoms with Gasteiger partial charge in [0.1, 0.15) is 6.29 Å². The number of rotatable bonds is 4. The zero-order valence-corrected chi connectivity index (χ0v) is 10.3. The molecule has 1 aromatic carbocycles. The number of benzene rings is 1. The number of hydrogen-bond acceptors (Lipinski definition) is 4. The number of fused-ring (bicyclic) bond motifs is 1. The number of aromatic nitrogens is 2. The molecule has 2 aromatic rings. The highest BCUT2D eigenvalue weighted by Gasteiger charge is 2.12. The average molecular weight is 246 g/mol. The van der Waals surface area contributed by atoms with Gasteiger partial charge in [0.05, 0.1) is 23.9 Å². The van der Waals surface area contributed by atoms with E-state index in [1.165, 1.54) is 7.11 Å². The van der Waals surface area contributed by atoms with Gasteiger partial charge >= 0.3 is 5.97 Å². The van der Waals surface area contributed by atoms with E-state index >= 15 is 0 Å². The van der Waals surface area contributed by atoms with Crippen LogP contribution in [0.2, 0.25) is 0 Å². The lowest BCUT2D eigenvalue weighted by molar-refractivity contribution is -0.107. The predicted molar refractivity (Wildman–Crippen MR) is 66.4 cm³/mol. The molecule has 0 saturated heterocycles. The summed E-state index contributed by atoms with van der Waals surface area (Å²) in [6.07, 6.45) is 1.94. The molecule has 0 bridgehead atoms. The highest BCUT2D eigenvalue weighted by molar-refractivity contribution is 5.95. The molecular weight excluding hydrogens is 232 g/mol. The smallest absolute Gasteiger partial charge is 0.337 e. The molecule has 0 saturated carbocycles. The SMILES string of the molecule is COC(=O)c1ccc2c(CCC=O)nn(C)c2c1. The largest absolute Gasteiger partial charge is 0.465 e. The first kappa shape index (κ1) is 12.3. The standard InChI is InChI=1S/C13H14N2O3/c1-15-12-8-9(13(17)18-2)5-6-10(12)11(14-15)4-3-7-16/h5-8H,3-4H2,1-2H3. The van der Waals surface area contributed by atoms with Gasteiger partial charge < -0.3 is 9.53 Å². The molecule has 94 valence electrons. The van der Waals surface area contributed by atoms with Crippen molar-refractivity contribution in [2.45, 2.75) is 12.8 Å². The third-order valence-electron chi connectivity index (χ3n) is 2.85. The van der Waals surface area contributed by atoms with Gasteiger partial charge in [0.25, 0.3) is 0 Å². The van der Waals surface area contributed by atoms with E-state index in [0.29, 0.717) is 18.4 Å². The number of ether oxygens (including phenoxy) is 1. The average Bonchev–Trinajstić information content (AvgIpc) is 2.72. The van der Waals surface area contributed by atoms with Gasteiger partial charge in [-0.25, -0.2) is 4.79 Å². The Kier molecular flexibility index (Phi) is 3.41. The Balaban J connectivity index is 2.48. The zero-order valence-electron chi connectivity index (χ0n) is 10.3. The van der Waals surface area contributed by atoms with E-state index < -0.39 is 0 Å². The van der Waals surface area contributed by atoms with Crippen molar-refractivity contribution in [3.8, 4) is 0 Å². The van der Waals surface area contributed by atoms with E-state index in [4.69, 9.17) is 0 Å². The first-order chi connectivity index (χ1) is 8.67. The molecule has 0 unspecified atom stereocenters. The van der Waals surface area contributed by atoms with Crippen LogP contribution in [0, 0.1) is 0 Å². The summed E-state index contributed by atoms with van der Waals surface area (Å²) >= 11 is 0. The summed E-state index contributed by atoms with van der Waals surface area (Å²) in [6.45, 7) is 0. The molecule has 0 amide bonds. The molecular formula is C13H14N2O3. The quantitative estimate of drug-likeness (QED) is 0.605. The van der Waals surface area contributed by atoms with Crippen LogP contribution in [0.3, 0.4) is 0 Å². The number of carbonyl (C=O) groups excluding carboxylic acids is 2. The fourth-order valence-corrected chi connectivity index (χ4v) is 1.96. The summed E-state index contributed by atoms with van der Waals surface area (Å²) in [5.74, 6) is -0.368. The van der Waals surface area contributed by atoms with Crippen molar-refractivity contribution in [2.75, 3.05) is 7.11 Å². The molecule has 2 rings (SSSR count). The highest BCUT2D eigenvalue weighted by atomic mass is 16.5. The number of methoxy groups -OCH3 is 1. The van der Waals surface area contributed by atoms with Crippen LogP contribution in [0.1, 0.15) is 22.5 Å². The molecule has 1 aromatic heterocycles. The van der Waals surface area contributed by atoms with Crippen LogP contribution in [-0.2, 0) is 23.0 Å². The molecule has 1 heterocycles. The van der Waals surface area contributed by atoms with Crippen molar-refractivity contribution in [1.82, 2.24) is 9.78 Å². The number of nitrogens with zero attached hydrogens (tertiary/aromatic N) is 2. The Morgan fingerprint density at radius 2 is 2.28 bits per heavy atom. The van der Waals surface area contributed by atoms with E-state index in [9.17, 15) is 9.59 Å². The molecule has 18 heavy (non-hydrogen) atoms. The molecule has 5 nitrogen and oxygen atoms in total. The van der Waals surface area contributed by atoms with Crippen molar-refractivity contribution >= 4 is 23.2 Å². The van der Waals surface area contributed by atoms with Gasteiger partial charge in [0.2, 0.25) is 0 Å². The van der Waals surface area contributed by atoms with Crippen molar-refractivity contribution in [1.29, 1.82) is 0 Å². The van der Waals surface area contributed by atoms with Crippen molar-refractivity contribution in [2.24, 2.45) is 7.05 Å². The van der Waals surface area contributed by atoms with Crippen molar-refractivity contribution in [3.05, 3.63) is 29.5 Å². The molecule has 0 aliphatic heterocycles. The van der Waals surface area contributed by atoms with Crippen LogP contribution in [-0.4, -0.2) is 29.1 Å². The summed E-state index contributed by atoms with van der Waals surface area (Å²) in [5, 5.41) is 5.32. The summed E-state index contributed by atoms with van der Waals surface area (Å²) in [4.78, 5) is 21.9. The topological polar surface area (TPSA) is 61.2 Å². The Labute approximate surface area is 104 Å². The summed E-state index contributed by atoms with van der Waals surface area (Å²) in [7, 11) is 3.17. The van der Waals surface area contributed by atoms with Crippen LogP contribution in [0.4, 0.5) is 0 Å². The van der Waals surface area contributed by atoms with Crippen LogP contribution in [0.25, 0.3) is 10.9 Å². The lowest BCUT2D eigenvalue weighted by atomic mass is 10.1. The van der Waals surface area contributed by atoms with Gasteiger partial charge in [0, 0.05) is 18.9 Å². The molecule has 0 aliphatic carbocycles. The summed E-state index contributed by atoms with van der Waals surface area (Å²) in [6, 6.07) is 5.30. The third-order valence-corrected chi connectivity index (χ3v) is 2.85. The van der Waals surface area contributed by atoms with E-state index in [1.807, 2.05) is 13.1 Å². The van der Waals surface area contributed by atoms with Gasteiger partial charge in [-0.05, 0) is 18.6 Å². The monoisotopic (exact) mass is 246 g/mol. The van der Waals surface area contributed by atoms with Gasteiger partial charge in [-0.2, -0.15) is 5.10 Å². The van der Waals surface area contributed by atoms with E-state index in [1.54, 1.807) is 16.8 Å². The number of carbonyl (C=O) groups is 2. The second kappa shape index (κ2) is 5.00. The predicted octanol–water partition coefficient (Wildman–Crippen LogP) is 1.49. The fourth-order valence-electron chi connectivity index (χ4n) is 1.96. The second-order valence-electron chi connectivity index (χ2n) is 4.00. The van der Waals surface area contributed by atoms with Crippen LogP contribution in [0.15, 0.2) is 18.2 Å². The number of aryl methyl sites for hydroxylation is 2. The molecule has 0 aliphatic rings. The highest BCUT2D eigenvalue weighted by Crippen LogP contribution is 2.20. The Morgan fingerprint density at radius 1 is 1.50 bits per heavy atom. The van der Waals surface area contributed by atoms with Gasteiger partial charge in [0.15, 0.2) is 0 Å². The second-order valence-corrected chi connectivity index (χ2v) is 4.00. The minimum Gasteiger partial charge on any atom is -0.465 e. The molecule has 0 fully saturated rings. The molecule has 0 N–H and O–H groups in total. The van der Waals surface area contributed by atoms with Gasteiger partial charge in [-0.1, -0.05) is 6.07 Å². The molecule has 0 radical (unpaired) electrons. The first-order valence-corrected chi connectivity index (χ1v) is 5.65. The lowest BCUT2D eigenvalue weighted by Gasteiger charge is -2.00. The zero-order chi connectivity index (χ0) is 13.1. The Bertz CT molecular complexity index is 602. The molecule has 0 atom stereocenters. The van der Waals surface area contributed by atoms with Crippen molar-refractivity contribution < 1.29 is 14.3 Å². The normalized spacial score (nSPS) is 10.6. The van der Waals surface area contributed by atoms with Gasteiger partial charge in [-0.15, -0.1) is 0 Å². The van der Waals surface area contributed by atoms with Crippen LogP contribution >= 0.6 is 0 Å². The fraction of sp³-hybridized carbons (Fsp3) is 0.308. The molecule has 5 heteroatoms. The minimum atomic E-state index is -0.368. The van der Waals surface area contributed by atoms with Crippen molar-refractivity contribution in [3.63, 3.8) is 0 Å². The maximum Gasteiger partial charge on any atom is 0.337 e. The summed E-state index contributed by atoms with van der Waals surface area (Å²) < 4.78 is 6.39. The Morgan fingerprint density at radius 3 is 2.94 bits per heavy atom. The summed E-state index contributed by atoms with van der Waals surface area (Å²) in [5.41, 5.74) is 2.23. The van der Waals surface area contributed by atoms with Crippen LogP contribution < -0.4 is 0 Å².